The minimum atomic E-state index is -0.253. The molecule has 0 aromatic heterocycles. The summed E-state index contributed by atoms with van der Waals surface area (Å²) >= 11 is 5.79. The first-order valence-electron chi connectivity index (χ1n) is 6.78. The molecule has 0 saturated carbocycles. The van der Waals surface area contributed by atoms with E-state index in [9.17, 15) is 4.79 Å². The summed E-state index contributed by atoms with van der Waals surface area (Å²) < 4.78 is 16.3. The Labute approximate surface area is 132 Å². The Morgan fingerprint density at radius 1 is 1.09 bits per heavy atom. The van der Waals surface area contributed by atoms with Gasteiger partial charge in [-0.1, -0.05) is 11.6 Å². The van der Waals surface area contributed by atoms with Crippen LogP contribution in [0.15, 0.2) is 42.5 Å². The highest BCUT2D eigenvalue weighted by Crippen LogP contribution is 2.33. The van der Waals surface area contributed by atoms with Crippen LogP contribution in [0.5, 0.6) is 17.2 Å². The minimum Gasteiger partial charge on any atom is -0.486 e. The average Bonchev–Trinajstić information content (AvgIpc) is 2.55. The van der Waals surface area contributed by atoms with Crippen molar-refractivity contribution in [3.8, 4) is 17.2 Å². The van der Waals surface area contributed by atoms with Gasteiger partial charge >= 0.3 is 0 Å². The molecule has 0 unspecified atom stereocenters. The highest BCUT2D eigenvalue weighted by atomic mass is 35.5. The number of carbonyl (C=O) groups excluding carboxylic acids is 1. The van der Waals surface area contributed by atoms with E-state index in [1.165, 1.54) is 0 Å². The molecule has 1 N–H and O–H groups in total. The normalized spacial score (nSPS) is 12.6. The summed E-state index contributed by atoms with van der Waals surface area (Å²) in [6.45, 7) is 0.951. The highest BCUT2D eigenvalue weighted by molar-refractivity contribution is 6.30. The number of ether oxygens (including phenoxy) is 3. The van der Waals surface area contributed by atoms with E-state index in [1.807, 2.05) is 0 Å². The fourth-order valence-corrected chi connectivity index (χ4v) is 2.12. The Hall–Kier alpha value is -2.40. The van der Waals surface area contributed by atoms with Gasteiger partial charge in [0, 0.05) is 16.8 Å². The molecule has 114 valence electrons. The van der Waals surface area contributed by atoms with Crippen LogP contribution in [-0.2, 0) is 4.79 Å². The number of fused-ring (bicyclic) bond motifs is 1. The maximum absolute atomic E-state index is 11.8. The van der Waals surface area contributed by atoms with Crippen molar-refractivity contribution in [1.82, 2.24) is 0 Å². The van der Waals surface area contributed by atoms with Crippen molar-refractivity contribution in [3.63, 3.8) is 0 Å². The number of rotatable bonds is 4. The van der Waals surface area contributed by atoms with Gasteiger partial charge in [-0.25, -0.2) is 0 Å². The molecule has 1 aliphatic heterocycles. The number of benzene rings is 2. The monoisotopic (exact) mass is 319 g/mol. The molecule has 0 saturated heterocycles. The molecule has 0 aliphatic carbocycles. The Kier molecular flexibility index (Phi) is 4.34. The first-order valence-corrected chi connectivity index (χ1v) is 7.16. The number of hydrogen-bond donors (Lipinski definition) is 1. The Morgan fingerprint density at radius 3 is 2.59 bits per heavy atom. The van der Waals surface area contributed by atoms with Crippen LogP contribution in [0.1, 0.15) is 0 Å². The van der Waals surface area contributed by atoms with Crippen molar-refractivity contribution in [2.75, 3.05) is 25.1 Å². The lowest BCUT2D eigenvalue weighted by atomic mass is 10.3. The Bertz CT molecular complexity index is 672. The van der Waals surface area contributed by atoms with E-state index in [1.54, 1.807) is 42.5 Å². The predicted octanol–water partition coefficient (Wildman–Crippen LogP) is 3.13. The molecule has 0 radical (unpaired) electrons. The number of amides is 1. The fourth-order valence-electron chi connectivity index (χ4n) is 1.99. The summed E-state index contributed by atoms with van der Waals surface area (Å²) in [6.07, 6.45) is 0. The van der Waals surface area contributed by atoms with Crippen LogP contribution < -0.4 is 19.5 Å². The second-order valence-corrected chi connectivity index (χ2v) is 5.09. The van der Waals surface area contributed by atoms with Gasteiger partial charge in [0.15, 0.2) is 18.1 Å². The van der Waals surface area contributed by atoms with Gasteiger partial charge < -0.3 is 19.5 Å². The molecule has 6 heteroatoms. The molecular weight excluding hydrogens is 306 g/mol. The van der Waals surface area contributed by atoms with Gasteiger partial charge in [-0.2, -0.15) is 0 Å². The third-order valence-electron chi connectivity index (χ3n) is 3.01. The van der Waals surface area contributed by atoms with Gasteiger partial charge in [-0.3, -0.25) is 4.79 Å². The SMILES string of the molecule is O=C(COc1ccc2c(c1)OCCO2)Nc1ccc(Cl)cc1. The molecule has 1 amide bonds. The number of hydrogen-bond acceptors (Lipinski definition) is 4. The molecule has 5 nitrogen and oxygen atoms in total. The molecule has 0 bridgehead atoms. The maximum atomic E-state index is 11.8. The van der Waals surface area contributed by atoms with E-state index in [0.29, 0.717) is 41.2 Å². The fraction of sp³-hybridized carbons (Fsp3) is 0.188. The molecule has 22 heavy (non-hydrogen) atoms. The zero-order valence-corrected chi connectivity index (χ0v) is 12.4. The van der Waals surface area contributed by atoms with Gasteiger partial charge in [0.05, 0.1) is 0 Å². The highest BCUT2D eigenvalue weighted by Gasteiger charge is 2.12. The van der Waals surface area contributed by atoms with Crippen molar-refractivity contribution in [1.29, 1.82) is 0 Å². The summed E-state index contributed by atoms with van der Waals surface area (Å²) in [5.41, 5.74) is 0.667. The minimum absolute atomic E-state index is 0.0950. The van der Waals surface area contributed by atoms with Gasteiger partial charge in [0.2, 0.25) is 0 Å². The summed E-state index contributed by atoms with van der Waals surface area (Å²) in [5, 5.41) is 3.34. The van der Waals surface area contributed by atoms with E-state index < -0.39 is 0 Å². The van der Waals surface area contributed by atoms with E-state index in [-0.39, 0.29) is 12.5 Å². The lowest BCUT2D eigenvalue weighted by Crippen LogP contribution is -2.20. The molecule has 1 heterocycles. The molecule has 0 spiro atoms. The van der Waals surface area contributed by atoms with Crippen LogP contribution in [0, 0.1) is 0 Å². The molecular formula is C16H14ClNO4. The maximum Gasteiger partial charge on any atom is 0.262 e. The van der Waals surface area contributed by atoms with Crippen LogP contribution in [0.4, 0.5) is 5.69 Å². The number of nitrogens with one attached hydrogen (secondary N) is 1. The third kappa shape index (κ3) is 3.62. The molecule has 0 fully saturated rings. The van der Waals surface area contributed by atoms with Crippen LogP contribution >= 0.6 is 11.6 Å². The van der Waals surface area contributed by atoms with Gasteiger partial charge in [0.1, 0.15) is 19.0 Å². The summed E-state index contributed by atoms with van der Waals surface area (Å²) in [5.74, 6) is 1.61. The second-order valence-electron chi connectivity index (χ2n) is 4.65. The summed E-state index contributed by atoms with van der Waals surface area (Å²) in [6, 6.07) is 12.1. The van der Waals surface area contributed by atoms with E-state index in [0.717, 1.165) is 0 Å². The summed E-state index contributed by atoms with van der Waals surface area (Å²) in [7, 11) is 0. The lowest BCUT2D eigenvalue weighted by molar-refractivity contribution is -0.118. The van der Waals surface area contributed by atoms with Gasteiger partial charge in [-0.05, 0) is 36.4 Å². The Morgan fingerprint density at radius 2 is 1.82 bits per heavy atom. The summed E-state index contributed by atoms with van der Waals surface area (Å²) in [4.78, 5) is 11.8. The van der Waals surface area contributed by atoms with Crippen LogP contribution in [-0.4, -0.2) is 25.7 Å². The number of anilines is 1. The van der Waals surface area contributed by atoms with Crippen LogP contribution in [0.25, 0.3) is 0 Å². The van der Waals surface area contributed by atoms with Crippen LogP contribution in [0.2, 0.25) is 5.02 Å². The first-order chi connectivity index (χ1) is 10.7. The lowest BCUT2D eigenvalue weighted by Gasteiger charge is -2.18. The van der Waals surface area contributed by atoms with Gasteiger partial charge in [-0.15, -0.1) is 0 Å². The molecule has 2 aromatic rings. The molecule has 1 aliphatic rings. The average molecular weight is 320 g/mol. The van der Waals surface area contributed by atoms with E-state index >= 15 is 0 Å². The van der Waals surface area contributed by atoms with Crippen molar-refractivity contribution >= 4 is 23.2 Å². The molecule has 0 atom stereocenters. The standard InChI is InChI=1S/C16H14ClNO4/c17-11-1-3-12(4-2-11)18-16(19)10-22-13-5-6-14-15(9-13)21-8-7-20-14/h1-6,9H,7-8,10H2,(H,18,19). The topological polar surface area (TPSA) is 56.8 Å². The number of carbonyl (C=O) groups is 1. The third-order valence-corrected chi connectivity index (χ3v) is 3.26. The predicted molar refractivity (Wildman–Crippen MR) is 83.0 cm³/mol. The van der Waals surface area contributed by atoms with Crippen LogP contribution in [0.3, 0.4) is 0 Å². The van der Waals surface area contributed by atoms with Crippen molar-refractivity contribution in [2.45, 2.75) is 0 Å². The zero-order valence-electron chi connectivity index (χ0n) is 11.7. The largest absolute Gasteiger partial charge is 0.486 e. The second kappa shape index (κ2) is 6.58. The van der Waals surface area contributed by atoms with Gasteiger partial charge in [0.25, 0.3) is 5.91 Å². The first kappa shape index (κ1) is 14.5. The number of halogens is 1. The zero-order chi connectivity index (χ0) is 15.4. The van der Waals surface area contributed by atoms with Crippen molar-refractivity contribution < 1.29 is 19.0 Å². The van der Waals surface area contributed by atoms with E-state index in [2.05, 4.69) is 5.32 Å². The molecule has 2 aromatic carbocycles. The quantitative estimate of drug-likeness (QED) is 0.940. The Balaban J connectivity index is 1.55. The van der Waals surface area contributed by atoms with Crippen molar-refractivity contribution in [3.05, 3.63) is 47.5 Å². The van der Waals surface area contributed by atoms with E-state index in [4.69, 9.17) is 25.8 Å². The smallest absolute Gasteiger partial charge is 0.262 e. The van der Waals surface area contributed by atoms with Crippen molar-refractivity contribution in [2.24, 2.45) is 0 Å². The molecule has 3 rings (SSSR count).